The summed E-state index contributed by atoms with van der Waals surface area (Å²) in [7, 11) is 2.16. The zero-order chi connectivity index (χ0) is 13.9. The SMILES string of the molecule is CN(CCCN)CCCNCCc1ccc(Cl)cc1.Cl.Cl.Cl. The molecule has 3 N–H and O–H groups in total. The molecule has 0 heterocycles. The summed E-state index contributed by atoms with van der Waals surface area (Å²) in [5.41, 5.74) is 6.82. The van der Waals surface area contributed by atoms with Crippen LogP contribution in [0.1, 0.15) is 18.4 Å². The van der Waals surface area contributed by atoms with Gasteiger partial charge < -0.3 is 16.0 Å². The smallest absolute Gasteiger partial charge is 0.0406 e. The van der Waals surface area contributed by atoms with Crippen LogP contribution in [0.2, 0.25) is 5.02 Å². The van der Waals surface area contributed by atoms with Gasteiger partial charge in [0, 0.05) is 5.02 Å². The molecule has 1 aromatic carbocycles. The van der Waals surface area contributed by atoms with Gasteiger partial charge in [-0.2, -0.15) is 0 Å². The second kappa shape index (κ2) is 17.6. The zero-order valence-electron chi connectivity index (χ0n) is 13.1. The highest BCUT2D eigenvalue weighted by atomic mass is 35.5. The minimum atomic E-state index is 0. The Morgan fingerprint density at radius 2 is 1.59 bits per heavy atom. The highest BCUT2D eigenvalue weighted by Gasteiger charge is 1.97. The van der Waals surface area contributed by atoms with Crippen molar-refractivity contribution in [1.29, 1.82) is 0 Å². The van der Waals surface area contributed by atoms with Gasteiger partial charge in [0.05, 0.1) is 0 Å². The van der Waals surface area contributed by atoms with E-state index in [0.717, 1.165) is 50.6 Å². The summed E-state index contributed by atoms with van der Waals surface area (Å²) < 4.78 is 0. The van der Waals surface area contributed by atoms with Crippen molar-refractivity contribution in [1.82, 2.24) is 10.2 Å². The van der Waals surface area contributed by atoms with E-state index in [9.17, 15) is 0 Å². The molecular weight excluding hydrogens is 364 g/mol. The molecule has 22 heavy (non-hydrogen) atoms. The molecule has 0 fully saturated rings. The van der Waals surface area contributed by atoms with Crippen LogP contribution in [-0.4, -0.2) is 44.7 Å². The average Bonchev–Trinajstić information content (AvgIpc) is 2.42. The van der Waals surface area contributed by atoms with Gasteiger partial charge in [-0.1, -0.05) is 23.7 Å². The lowest BCUT2D eigenvalue weighted by Crippen LogP contribution is -2.26. The molecule has 0 unspecified atom stereocenters. The number of nitrogens with one attached hydrogen (secondary N) is 1. The molecule has 0 saturated heterocycles. The van der Waals surface area contributed by atoms with Crippen LogP contribution in [0, 0.1) is 0 Å². The van der Waals surface area contributed by atoms with Crippen LogP contribution in [-0.2, 0) is 6.42 Å². The highest BCUT2D eigenvalue weighted by molar-refractivity contribution is 6.30. The van der Waals surface area contributed by atoms with Crippen LogP contribution in [0.25, 0.3) is 0 Å². The van der Waals surface area contributed by atoms with Crippen LogP contribution in [0.3, 0.4) is 0 Å². The highest BCUT2D eigenvalue weighted by Crippen LogP contribution is 2.09. The molecule has 3 nitrogen and oxygen atoms in total. The summed E-state index contributed by atoms with van der Waals surface area (Å²) in [6, 6.07) is 8.07. The Morgan fingerprint density at radius 1 is 1.00 bits per heavy atom. The number of halogens is 4. The predicted octanol–water partition coefficient (Wildman–Crippen LogP) is 3.41. The van der Waals surface area contributed by atoms with Crippen molar-refractivity contribution in [3.05, 3.63) is 34.9 Å². The Kier molecular flexibility index (Phi) is 21.7. The van der Waals surface area contributed by atoms with Gasteiger partial charge in [-0.15, -0.1) is 37.2 Å². The number of hydrogen-bond acceptors (Lipinski definition) is 3. The van der Waals surface area contributed by atoms with E-state index in [1.165, 1.54) is 12.0 Å². The third-order valence-electron chi connectivity index (χ3n) is 3.14. The van der Waals surface area contributed by atoms with Crippen molar-refractivity contribution >= 4 is 48.8 Å². The van der Waals surface area contributed by atoms with Crippen molar-refractivity contribution in [2.45, 2.75) is 19.3 Å². The summed E-state index contributed by atoms with van der Waals surface area (Å²) >= 11 is 5.85. The molecule has 0 aliphatic heterocycles. The summed E-state index contributed by atoms with van der Waals surface area (Å²) in [6.07, 6.45) is 3.32. The fraction of sp³-hybridized carbons (Fsp3) is 0.600. The Balaban J connectivity index is -0.00000120. The van der Waals surface area contributed by atoms with E-state index in [4.69, 9.17) is 17.3 Å². The number of hydrogen-bond donors (Lipinski definition) is 2. The first-order valence-electron chi connectivity index (χ1n) is 7.06. The summed E-state index contributed by atoms with van der Waals surface area (Å²) in [6.45, 7) is 5.10. The normalized spacial score (nSPS) is 9.64. The molecule has 0 bridgehead atoms. The Hall–Kier alpha value is 0.260. The molecule has 132 valence electrons. The first-order chi connectivity index (χ1) is 9.22. The van der Waals surface area contributed by atoms with Crippen molar-refractivity contribution in [3.8, 4) is 0 Å². The standard InChI is InChI=1S/C15H26ClN3.3ClH/c1-19(12-2-9-17)13-3-10-18-11-8-14-4-6-15(16)7-5-14;;;/h4-7,18H,2-3,8-13,17H2,1H3;3*1H. The molecule has 0 spiro atoms. The fourth-order valence-corrected chi connectivity index (χ4v) is 2.08. The maximum atomic E-state index is 5.85. The van der Waals surface area contributed by atoms with Crippen LogP contribution in [0.15, 0.2) is 24.3 Å². The van der Waals surface area contributed by atoms with Gasteiger partial charge in [0.2, 0.25) is 0 Å². The van der Waals surface area contributed by atoms with E-state index in [2.05, 4.69) is 29.4 Å². The quantitative estimate of drug-likeness (QED) is 0.599. The molecular formula is C15H29Cl4N3. The molecule has 0 atom stereocenters. The van der Waals surface area contributed by atoms with Gasteiger partial charge in [0.1, 0.15) is 0 Å². The summed E-state index contributed by atoms with van der Waals surface area (Å²) in [4.78, 5) is 2.34. The number of rotatable bonds is 10. The minimum absolute atomic E-state index is 0. The monoisotopic (exact) mass is 391 g/mol. The van der Waals surface area contributed by atoms with Gasteiger partial charge in [-0.3, -0.25) is 0 Å². The van der Waals surface area contributed by atoms with Crippen LogP contribution in [0.5, 0.6) is 0 Å². The molecule has 0 radical (unpaired) electrons. The van der Waals surface area contributed by atoms with Crippen molar-refractivity contribution in [2.75, 3.05) is 39.8 Å². The third kappa shape index (κ3) is 13.9. The van der Waals surface area contributed by atoms with Gasteiger partial charge >= 0.3 is 0 Å². The second-order valence-electron chi connectivity index (χ2n) is 4.93. The Bertz CT molecular complexity index is 336. The van der Waals surface area contributed by atoms with Gasteiger partial charge in [0.15, 0.2) is 0 Å². The first-order valence-corrected chi connectivity index (χ1v) is 7.44. The van der Waals surface area contributed by atoms with E-state index in [1.807, 2.05) is 12.1 Å². The molecule has 7 heteroatoms. The predicted molar refractivity (Wildman–Crippen MR) is 106 cm³/mol. The van der Waals surface area contributed by atoms with E-state index in [-0.39, 0.29) is 37.2 Å². The number of benzene rings is 1. The minimum Gasteiger partial charge on any atom is -0.330 e. The van der Waals surface area contributed by atoms with Crippen molar-refractivity contribution in [2.24, 2.45) is 5.73 Å². The summed E-state index contributed by atoms with van der Waals surface area (Å²) in [5.74, 6) is 0. The molecule has 1 rings (SSSR count). The van der Waals surface area contributed by atoms with Gasteiger partial charge in [-0.05, 0) is 76.7 Å². The second-order valence-corrected chi connectivity index (χ2v) is 5.36. The molecule has 0 aliphatic rings. The van der Waals surface area contributed by atoms with E-state index in [0.29, 0.717) is 0 Å². The molecule has 0 saturated carbocycles. The van der Waals surface area contributed by atoms with Crippen molar-refractivity contribution < 1.29 is 0 Å². The molecule has 0 aromatic heterocycles. The molecule has 0 aliphatic carbocycles. The lowest BCUT2D eigenvalue weighted by molar-refractivity contribution is 0.324. The van der Waals surface area contributed by atoms with E-state index >= 15 is 0 Å². The average molecular weight is 393 g/mol. The molecule has 0 amide bonds. The largest absolute Gasteiger partial charge is 0.330 e. The van der Waals surface area contributed by atoms with Crippen molar-refractivity contribution in [3.63, 3.8) is 0 Å². The lowest BCUT2D eigenvalue weighted by Gasteiger charge is -2.15. The first kappa shape index (κ1) is 27.1. The van der Waals surface area contributed by atoms with Crippen LogP contribution in [0.4, 0.5) is 0 Å². The topological polar surface area (TPSA) is 41.3 Å². The Morgan fingerprint density at radius 3 is 2.18 bits per heavy atom. The van der Waals surface area contributed by atoms with E-state index in [1.54, 1.807) is 0 Å². The van der Waals surface area contributed by atoms with E-state index < -0.39 is 0 Å². The molecule has 1 aromatic rings. The fourth-order valence-electron chi connectivity index (χ4n) is 1.96. The zero-order valence-corrected chi connectivity index (χ0v) is 16.3. The maximum absolute atomic E-state index is 5.85. The lowest BCUT2D eigenvalue weighted by atomic mass is 10.1. The van der Waals surface area contributed by atoms with Gasteiger partial charge in [-0.25, -0.2) is 0 Å². The summed E-state index contributed by atoms with van der Waals surface area (Å²) in [5, 5.41) is 4.28. The van der Waals surface area contributed by atoms with Gasteiger partial charge in [0.25, 0.3) is 0 Å². The third-order valence-corrected chi connectivity index (χ3v) is 3.39. The van der Waals surface area contributed by atoms with Crippen LogP contribution < -0.4 is 11.1 Å². The Labute approximate surface area is 158 Å². The number of nitrogens with two attached hydrogens (primary N) is 1. The number of nitrogens with zero attached hydrogens (tertiary/aromatic N) is 1. The van der Waals surface area contributed by atoms with Crippen LogP contribution >= 0.6 is 48.8 Å². The maximum Gasteiger partial charge on any atom is 0.0406 e.